The van der Waals surface area contributed by atoms with Crippen molar-refractivity contribution in [1.29, 1.82) is 0 Å². The molecular weight excluding hydrogens is 294 g/mol. The number of nitrogens with zero attached hydrogens (tertiary/aromatic N) is 2. The third-order valence-corrected chi connectivity index (χ3v) is 4.95. The summed E-state index contributed by atoms with van der Waals surface area (Å²) in [6.07, 6.45) is 6.09. The van der Waals surface area contributed by atoms with Gasteiger partial charge in [0.1, 0.15) is 5.75 Å². The van der Waals surface area contributed by atoms with Crippen LogP contribution in [0.5, 0.6) is 5.75 Å². The molecule has 0 fully saturated rings. The van der Waals surface area contributed by atoms with Gasteiger partial charge in [-0.1, -0.05) is 24.3 Å². The second-order valence-corrected chi connectivity index (χ2v) is 6.80. The maximum absolute atomic E-state index is 9.91. The quantitative estimate of drug-likeness (QED) is 0.914. The monoisotopic (exact) mass is 315 g/mol. The number of nitrogen functional groups attached to an aromatic ring is 1. The first-order valence-corrected chi connectivity index (χ1v) is 8.36. The first-order valence-electron chi connectivity index (χ1n) is 7.54. The first-order chi connectivity index (χ1) is 10.6. The normalized spacial score (nSPS) is 15.9. The summed E-state index contributed by atoms with van der Waals surface area (Å²) in [6, 6.07) is 5.76. The number of aryl methyl sites for hydroxylation is 1. The van der Waals surface area contributed by atoms with Crippen LogP contribution in [-0.4, -0.2) is 34.6 Å². The summed E-state index contributed by atoms with van der Waals surface area (Å²) in [5, 5.41) is 10.6. The smallest absolute Gasteiger partial charge is 0.180 e. The van der Waals surface area contributed by atoms with Crippen molar-refractivity contribution in [1.82, 2.24) is 9.88 Å². The van der Waals surface area contributed by atoms with E-state index >= 15 is 0 Å². The van der Waals surface area contributed by atoms with Crippen LogP contribution in [0.1, 0.15) is 21.7 Å². The number of aromatic nitrogens is 1. The van der Waals surface area contributed by atoms with E-state index in [1.165, 1.54) is 10.6 Å². The number of rotatable bonds is 3. The minimum Gasteiger partial charge on any atom is -0.507 e. The minimum atomic E-state index is 0.342. The van der Waals surface area contributed by atoms with Gasteiger partial charge in [-0.3, -0.25) is 4.90 Å². The lowest BCUT2D eigenvalue weighted by Gasteiger charge is -2.17. The molecule has 4 nitrogen and oxygen atoms in total. The maximum Gasteiger partial charge on any atom is 0.180 e. The molecule has 1 aliphatic heterocycles. The average molecular weight is 315 g/mol. The van der Waals surface area contributed by atoms with Crippen LogP contribution < -0.4 is 5.73 Å². The van der Waals surface area contributed by atoms with Crippen molar-refractivity contribution >= 4 is 22.5 Å². The van der Waals surface area contributed by atoms with Crippen molar-refractivity contribution in [2.45, 2.75) is 19.8 Å². The molecule has 0 atom stereocenters. The number of benzene rings is 1. The van der Waals surface area contributed by atoms with E-state index in [1.807, 2.05) is 25.1 Å². The zero-order valence-corrected chi connectivity index (χ0v) is 13.6. The highest BCUT2D eigenvalue weighted by molar-refractivity contribution is 7.15. The highest BCUT2D eigenvalue weighted by atomic mass is 32.1. The molecule has 3 N–H and O–H groups in total. The van der Waals surface area contributed by atoms with E-state index < -0.39 is 0 Å². The van der Waals surface area contributed by atoms with Crippen molar-refractivity contribution in [3.8, 4) is 5.75 Å². The van der Waals surface area contributed by atoms with Gasteiger partial charge in [0, 0.05) is 36.5 Å². The Balaban J connectivity index is 1.58. The SMILES string of the molecule is Cc1ccc(C=CCN2CCc3nc(N)sc3CC2)c(O)c1. The topological polar surface area (TPSA) is 62.4 Å². The molecule has 116 valence electrons. The summed E-state index contributed by atoms with van der Waals surface area (Å²) < 4.78 is 0. The van der Waals surface area contributed by atoms with Crippen molar-refractivity contribution in [3.63, 3.8) is 0 Å². The van der Waals surface area contributed by atoms with E-state index in [-0.39, 0.29) is 0 Å². The van der Waals surface area contributed by atoms with Gasteiger partial charge in [-0.15, -0.1) is 11.3 Å². The van der Waals surface area contributed by atoms with Crippen molar-refractivity contribution in [2.24, 2.45) is 0 Å². The largest absolute Gasteiger partial charge is 0.507 e. The number of fused-ring (bicyclic) bond motifs is 1. The fourth-order valence-electron chi connectivity index (χ4n) is 2.74. The molecule has 2 heterocycles. The van der Waals surface area contributed by atoms with Crippen LogP contribution in [0.3, 0.4) is 0 Å². The van der Waals surface area contributed by atoms with E-state index in [2.05, 4.69) is 16.0 Å². The Labute approximate surface area is 134 Å². The number of thiazole rings is 1. The van der Waals surface area contributed by atoms with Gasteiger partial charge in [0.15, 0.2) is 5.13 Å². The van der Waals surface area contributed by atoms with E-state index in [1.54, 1.807) is 17.4 Å². The van der Waals surface area contributed by atoms with Crippen LogP contribution in [0, 0.1) is 6.92 Å². The molecular formula is C17H21N3OS. The van der Waals surface area contributed by atoms with Crippen LogP contribution in [-0.2, 0) is 12.8 Å². The fraction of sp³-hybridized carbons (Fsp3) is 0.353. The van der Waals surface area contributed by atoms with Gasteiger partial charge in [0.2, 0.25) is 0 Å². The summed E-state index contributed by atoms with van der Waals surface area (Å²) in [5.41, 5.74) is 8.88. The van der Waals surface area contributed by atoms with Gasteiger partial charge in [0.25, 0.3) is 0 Å². The zero-order chi connectivity index (χ0) is 15.5. The lowest BCUT2D eigenvalue weighted by atomic mass is 10.1. The summed E-state index contributed by atoms with van der Waals surface area (Å²) >= 11 is 1.62. The van der Waals surface area contributed by atoms with Crippen molar-refractivity contribution < 1.29 is 5.11 Å². The molecule has 3 rings (SSSR count). The minimum absolute atomic E-state index is 0.342. The van der Waals surface area contributed by atoms with Gasteiger partial charge in [-0.05, 0) is 25.0 Å². The van der Waals surface area contributed by atoms with Gasteiger partial charge in [0.05, 0.1) is 5.69 Å². The van der Waals surface area contributed by atoms with E-state index in [0.717, 1.165) is 43.6 Å². The lowest BCUT2D eigenvalue weighted by Crippen LogP contribution is -2.26. The Morgan fingerprint density at radius 1 is 1.36 bits per heavy atom. The highest BCUT2D eigenvalue weighted by Gasteiger charge is 2.16. The van der Waals surface area contributed by atoms with Crippen LogP contribution in [0.4, 0.5) is 5.13 Å². The van der Waals surface area contributed by atoms with Crippen molar-refractivity contribution in [2.75, 3.05) is 25.4 Å². The Morgan fingerprint density at radius 3 is 3.00 bits per heavy atom. The Morgan fingerprint density at radius 2 is 2.18 bits per heavy atom. The van der Waals surface area contributed by atoms with Crippen molar-refractivity contribution in [3.05, 3.63) is 46.0 Å². The third kappa shape index (κ3) is 3.48. The molecule has 1 aromatic carbocycles. The second kappa shape index (κ2) is 6.50. The third-order valence-electron chi connectivity index (χ3n) is 3.96. The standard InChI is InChI=1S/C17H21N3OS/c1-12-4-5-13(15(21)11-12)3-2-8-20-9-6-14-16(7-10-20)22-17(18)19-14/h2-5,11,21H,6-10H2,1H3,(H2,18,19). The molecule has 5 heteroatoms. The molecule has 0 bridgehead atoms. The predicted molar refractivity (Wildman–Crippen MR) is 92.3 cm³/mol. The Hall–Kier alpha value is -1.85. The first kappa shape index (κ1) is 15.1. The molecule has 22 heavy (non-hydrogen) atoms. The highest BCUT2D eigenvalue weighted by Crippen LogP contribution is 2.24. The van der Waals surface area contributed by atoms with E-state index in [4.69, 9.17) is 5.73 Å². The molecule has 1 aliphatic rings. The molecule has 1 aromatic heterocycles. The molecule has 0 radical (unpaired) electrons. The summed E-state index contributed by atoms with van der Waals surface area (Å²) in [5.74, 6) is 0.342. The summed E-state index contributed by atoms with van der Waals surface area (Å²) in [4.78, 5) is 8.15. The Bertz CT molecular complexity index is 668. The molecule has 0 amide bonds. The molecule has 0 saturated heterocycles. The number of hydrogen-bond donors (Lipinski definition) is 2. The van der Waals surface area contributed by atoms with Gasteiger partial charge < -0.3 is 10.8 Å². The number of nitrogens with two attached hydrogens (primary N) is 1. The van der Waals surface area contributed by atoms with Crippen LogP contribution in [0.2, 0.25) is 0 Å². The number of hydrogen-bond acceptors (Lipinski definition) is 5. The molecule has 0 saturated carbocycles. The number of aromatic hydroxyl groups is 1. The van der Waals surface area contributed by atoms with Gasteiger partial charge >= 0.3 is 0 Å². The Kier molecular flexibility index (Phi) is 4.45. The average Bonchev–Trinajstić information content (AvgIpc) is 2.73. The van der Waals surface area contributed by atoms with Crippen LogP contribution in [0.25, 0.3) is 6.08 Å². The molecule has 0 unspecified atom stereocenters. The van der Waals surface area contributed by atoms with Crippen LogP contribution >= 0.6 is 11.3 Å². The second-order valence-electron chi connectivity index (χ2n) is 5.69. The fourth-order valence-corrected chi connectivity index (χ4v) is 3.60. The van der Waals surface area contributed by atoms with E-state index in [0.29, 0.717) is 10.9 Å². The summed E-state index contributed by atoms with van der Waals surface area (Å²) in [6.45, 7) is 4.89. The van der Waals surface area contributed by atoms with E-state index in [9.17, 15) is 5.11 Å². The maximum atomic E-state index is 9.91. The molecule has 0 spiro atoms. The van der Waals surface area contributed by atoms with Gasteiger partial charge in [-0.2, -0.15) is 0 Å². The molecule has 2 aromatic rings. The zero-order valence-electron chi connectivity index (χ0n) is 12.7. The number of anilines is 1. The lowest BCUT2D eigenvalue weighted by molar-refractivity contribution is 0.318. The predicted octanol–water partition coefficient (Wildman–Crippen LogP) is 2.85. The van der Waals surface area contributed by atoms with Gasteiger partial charge in [-0.25, -0.2) is 4.98 Å². The van der Waals surface area contributed by atoms with Crippen LogP contribution in [0.15, 0.2) is 24.3 Å². The number of phenols is 1. The summed E-state index contributed by atoms with van der Waals surface area (Å²) in [7, 11) is 0. The number of phenolic OH excluding ortho intramolecular Hbond substituents is 1. The molecule has 0 aliphatic carbocycles.